The summed E-state index contributed by atoms with van der Waals surface area (Å²) < 4.78 is 1.59. The number of rotatable bonds is 4. The summed E-state index contributed by atoms with van der Waals surface area (Å²) in [5.41, 5.74) is 2.18. The third kappa shape index (κ3) is 2.43. The molecule has 0 spiro atoms. The van der Waals surface area contributed by atoms with E-state index < -0.39 is 0 Å². The fourth-order valence-corrected chi connectivity index (χ4v) is 1.87. The Morgan fingerprint density at radius 2 is 2.11 bits per heavy atom. The minimum absolute atomic E-state index is 0.101. The van der Waals surface area contributed by atoms with Crippen molar-refractivity contribution >= 4 is 5.69 Å². The van der Waals surface area contributed by atoms with E-state index in [4.69, 9.17) is 0 Å². The van der Waals surface area contributed by atoms with Crippen molar-refractivity contribution in [3.63, 3.8) is 0 Å². The molecule has 0 aliphatic heterocycles. The molecular formula is C11H14N6O2. The molecule has 0 atom stereocenters. The molecule has 0 amide bonds. The third-order valence-corrected chi connectivity index (χ3v) is 2.81. The average Bonchev–Trinajstić information content (AvgIpc) is 2.80. The smallest absolute Gasteiger partial charge is 0.272 e. The van der Waals surface area contributed by atoms with Gasteiger partial charge in [0.25, 0.3) is 5.69 Å². The van der Waals surface area contributed by atoms with Gasteiger partial charge in [0.1, 0.15) is 0 Å². The van der Waals surface area contributed by atoms with Crippen molar-refractivity contribution in [1.29, 1.82) is 0 Å². The molecular weight excluding hydrogens is 248 g/mol. The van der Waals surface area contributed by atoms with Crippen LogP contribution >= 0.6 is 0 Å². The quantitative estimate of drug-likeness (QED) is 0.649. The van der Waals surface area contributed by atoms with Crippen LogP contribution in [0, 0.1) is 24.0 Å². The summed E-state index contributed by atoms with van der Waals surface area (Å²) in [5.74, 6) is 0.652. The summed E-state index contributed by atoms with van der Waals surface area (Å²) in [5, 5.41) is 25.3. The minimum atomic E-state index is -0.389. The summed E-state index contributed by atoms with van der Waals surface area (Å²) in [7, 11) is 1.80. The summed E-state index contributed by atoms with van der Waals surface area (Å²) in [4.78, 5) is 10.5. The van der Waals surface area contributed by atoms with E-state index in [0.29, 0.717) is 17.9 Å². The topological polar surface area (TPSA) is 98.8 Å². The molecule has 0 aliphatic carbocycles. The number of hydrogen-bond acceptors (Lipinski definition) is 6. The van der Waals surface area contributed by atoms with Crippen LogP contribution in [0.4, 0.5) is 5.69 Å². The molecule has 2 rings (SSSR count). The third-order valence-electron chi connectivity index (χ3n) is 2.81. The van der Waals surface area contributed by atoms with Crippen molar-refractivity contribution in [2.75, 3.05) is 7.05 Å². The Morgan fingerprint density at radius 1 is 1.37 bits per heavy atom. The van der Waals surface area contributed by atoms with Crippen molar-refractivity contribution < 1.29 is 4.92 Å². The van der Waals surface area contributed by atoms with Crippen LogP contribution in [0.3, 0.4) is 0 Å². The van der Waals surface area contributed by atoms with Gasteiger partial charge in [-0.2, -0.15) is 4.68 Å². The summed E-state index contributed by atoms with van der Waals surface area (Å²) in [6.07, 6.45) is 0. The lowest BCUT2D eigenvalue weighted by atomic mass is 10.1. The first-order valence-corrected chi connectivity index (χ1v) is 5.72. The van der Waals surface area contributed by atoms with Gasteiger partial charge in [-0.15, -0.1) is 5.10 Å². The molecule has 1 N–H and O–H groups in total. The second kappa shape index (κ2) is 5.11. The number of aryl methyl sites for hydroxylation is 2. The van der Waals surface area contributed by atoms with Crippen molar-refractivity contribution in [3.8, 4) is 5.69 Å². The molecule has 0 fully saturated rings. The predicted octanol–water partition coefficient (Wildman–Crippen LogP) is 0.907. The Labute approximate surface area is 109 Å². The first-order valence-electron chi connectivity index (χ1n) is 5.72. The van der Waals surface area contributed by atoms with Crippen LogP contribution in [0.5, 0.6) is 0 Å². The van der Waals surface area contributed by atoms with Crippen LogP contribution in [0.15, 0.2) is 12.1 Å². The number of aromatic nitrogens is 4. The molecule has 0 bridgehead atoms. The number of nitro benzene ring substituents is 1. The Balaban J connectivity index is 2.54. The van der Waals surface area contributed by atoms with Gasteiger partial charge in [-0.1, -0.05) is 0 Å². The normalized spacial score (nSPS) is 10.7. The van der Waals surface area contributed by atoms with Gasteiger partial charge in [0, 0.05) is 11.6 Å². The SMILES string of the molecule is CNCc1nnnn1-c1cc(C)c([N+](=O)[O-])cc1C. The molecule has 0 saturated carbocycles. The van der Waals surface area contributed by atoms with E-state index in [1.165, 1.54) is 6.07 Å². The van der Waals surface area contributed by atoms with Crippen LogP contribution in [0.2, 0.25) is 0 Å². The van der Waals surface area contributed by atoms with E-state index in [2.05, 4.69) is 20.8 Å². The molecule has 1 aromatic carbocycles. The van der Waals surface area contributed by atoms with Gasteiger partial charge < -0.3 is 5.32 Å². The molecule has 2 aromatic rings. The van der Waals surface area contributed by atoms with Gasteiger partial charge >= 0.3 is 0 Å². The molecule has 1 heterocycles. The fourth-order valence-electron chi connectivity index (χ4n) is 1.87. The lowest BCUT2D eigenvalue weighted by Crippen LogP contribution is -2.13. The zero-order valence-electron chi connectivity index (χ0n) is 10.9. The molecule has 100 valence electrons. The lowest BCUT2D eigenvalue weighted by Gasteiger charge is -2.09. The standard InChI is InChI=1S/C11H14N6O2/c1-7-5-10(17(18)19)8(2)4-9(7)16-11(6-12-3)13-14-15-16/h4-5,12H,6H2,1-3H3. The zero-order chi connectivity index (χ0) is 14.0. The van der Waals surface area contributed by atoms with Gasteiger partial charge in [0.15, 0.2) is 5.82 Å². The zero-order valence-corrected chi connectivity index (χ0v) is 10.9. The Morgan fingerprint density at radius 3 is 2.74 bits per heavy atom. The largest absolute Gasteiger partial charge is 0.313 e. The van der Waals surface area contributed by atoms with E-state index >= 15 is 0 Å². The Hall–Kier alpha value is -2.35. The van der Waals surface area contributed by atoms with Crippen LogP contribution in [-0.2, 0) is 6.54 Å². The highest BCUT2D eigenvalue weighted by Gasteiger charge is 2.16. The monoisotopic (exact) mass is 262 g/mol. The first-order chi connectivity index (χ1) is 9.04. The van der Waals surface area contributed by atoms with Crippen LogP contribution in [0.25, 0.3) is 5.69 Å². The van der Waals surface area contributed by atoms with Crippen molar-refractivity contribution in [2.24, 2.45) is 0 Å². The van der Waals surface area contributed by atoms with E-state index in [9.17, 15) is 10.1 Å². The summed E-state index contributed by atoms with van der Waals surface area (Å²) >= 11 is 0. The maximum Gasteiger partial charge on any atom is 0.272 e. The van der Waals surface area contributed by atoms with Gasteiger partial charge in [-0.3, -0.25) is 10.1 Å². The molecule has 0 saturated heterocycles. The number of nitrogens with zero attached hydrogens (tertiary/aromatic N) is 5. The second-order valence-electron chi connectivity index (χ2n) is 4.22. The van der Waals surface area contributed by atoms with Crippen LogP contribution in [0.1, 0.15) is 17.0 Å². The molecule has 0 radical (unpaired) electrons. The van der Waals surface area contributed by atoms with Gasteiger partial charge in [0.2, 0.25) is 0 Å². The van der Waals surface area contributed by atoms with E-state index in [-0.39, 0.29) is 10.6 Å². The average molecular weight is 262 g/mol. The van der Waals surface area contributed by atoms with Gasteiger partial charge in [0.05, 0.1) is 17.2 Å². The number of nitro groups is 1. The molecule has 8 heteroatoms. The van der Waals surface area contributed by atoms with Crippen molar-refractivity contribution in [3.05, 3.63) is 39.2 Å². The van der Waals surface area contributed by atoms with E-state index in [1.807, 2.05) is 0 Å². The molecule has 0 aliphatic rings. The maximum absolute atomic E-state index is 10.9. The number of nitrogens with one attached hydrogen (secondary N) is 1. The number of benzene rings is 1. The van der Waals surface area contributed by atoms with Crippen molar-refractivity contribution in [2.45, 2.75) is 20.4 Å². The van der Waals surface area contributed by atoms with Gasteiger partial charge in [-0.05, 0) is 43.0 Å². The highest BCUT2D eigenvalue weighted by Crippen LogP contribution is 2.25. The number of hydrogen-bond donors (Lipinski definition) is 1. The highest BCUT2D eigenvalue weighted by atomic mass is 16.6. The molecule has 8 nitrogen and oxygen atoms in total. The molecule has 19 heavy (non-hydrogen) atoms. The van der Waals surface area contributed by atoms with Crippen LogP contribution < -0.4 is 5.32 Å². The highest BCUT2D eigenvalue weighted by molar-refractivity contribution is 5.52. The minimum Gasteiger partial charge on any atom is -0.313 e. The fraction of sp³-hybridized carbons (Fsp3) is 0.364. The lowest BCUT2D eigenvalue weighted by molar-refractivity contribution is -0.385. The Bertz CT molecular complexity index is 622. The summed E-state index contributed by atoms with van der Waals surface area (Å²) in [6.45, 7) is 4.01. The van der Waals surface area contributed by atoms with E-state index in [0.717, 1.165) is 11.3 Å². The molecule has 1 aromatic heterocycles. The van der Waals surface area contributed by atoms with Crippen molar-refractivity contribution in [1.82, 2.24) is 25.5 Å². The second-order valence-corrected chi connectivity index (χ2v) is 4.22. The predicted molar refractivity (Wildman–Crippen MR) is 68.0 cm³/mol. The van der Waals surface area contributed by atoms with Gasteiger partial charge in [-0.25, -0.2) is 0 Å². The summed E-state index contributed by atoms with van der Waals surface area (Å²) in [6, 6.07) is 3.26. The maximum atomic E-state index is 10.9. The molecule has 0 unspecified atom stereocenters. The van der Waals surface area contributed by atoms with Crippen LogP contribution in [-0.4, -0.2) is 32.2 Å². The Kier molecular flexibility index (Phi) is 3.52. The van der Waals surface area contributed by atoms with E-state index in [1.54, 1.807) is 31.6 Å². The number of tetrazole rings is 1. The first kappa shape index (κ1) is 13.1.